The van der Waals surface area contributed by atoms with Crippen LogP contribution in [0.15, 0.2) is 24.3 Å². The van der Waals surface area contributed by atoms with Crippen LogP contribution in [0, 0.1) is 0 Å². The monoisotopic (exact) mass is 372 g/mol. The van der Waals surface area contributed by atoms with Gasteiger partial charge in [0.1, 0.15) is 5.75 Å². The second-order valence-electron chi connectivity index (χ2n) is 4.46. The van der Waals surface area contributed by atoms with Crippen LogP contribution in [0.25, 0.3) is 0 Å². The van der Waals surface area contributed by atoms with Crippen LogP contribution in [0.2, 0.25) is 0 Å². The molecule has 0 fully saturated rings. The summed E-state index contributed by atoms with van der Waals surface area (Å²) in [6, 6.07) is 6.66. The number of rotatable bonds is 10. The van der Waals surface area contributed by atoms with Crippen LogP contribution in [-0.2, 0) is 40.7 Å². The molecule has 132 valence electrons. The number of Topliss-reactive ketones (excluding diaryl/α,β-unsaturated/α-hetero) is 1. The molecule has 0 bridgehead atoms. The Morgan fingerprint density at radius 3 is 2.00 bits per heavy atom. The van der Waals surface area contributed by atoms with Gasteiger partial charge in [-0.15, -0.1) is 0 Å². The summed E-state index contributed by atoms with van der Waals surface area (Å²) in [5.41, 5.74) is 0.212. The molecule has 7 heteroatoms. The van der Waals surface area contributed by atoms with Gasteiger partial charge < -0.3 is 18.9 Å². The zero-order valence-electron chi connectivity index (χ0n) is 14.6. The van der Waals surface area contributed by atoms with Gasteiger partial charge in [-0.3, -0.25) is 4.79 Å². The molecule has 0 aliphatic rings. The van der Waals surface area contributed by atoms with Crippen molar-refractivity contribution in [3.8, 4) is 5.75 Å². The van der Waals surface area contributed by atoms with Crippen LogP contribution in [0.1, 0.15) is 38.1 Å². The van der Waals surface area contributed by atoms with E-state index in [4.69, 9.17) is 18.9 Å². The van der Waals surface area contributed by atoms with Crippen LogP contribution >= 0.6 is 0 Å². The molecule has 0 radical (unpaired) electrons. The number of esters is 1. The Balaban J connectivity index is 0.00000529. The van der Waals surface area contributed by atoms with Gasteiger partial charge in [-0.1, -0.05) is 12.1 Å². The van der Waals surface area contributed by atoms with Gasteiger partial charge in [0.05, 0.1) is 18.8 Å². The maximum atomic E-state index is 13.0. The quantitative estimate of drug-likeness (QED) is 0.207. The standard InChI is InChI=1S/C17H24O6.Ti/c1-5-20-14-12-10-9-11-13(14)15(18)17(22-7-3,23-8-4)16(19)21-6-2;/h9-12H,5-8H2,1-4H3;. The third-order valence-electron chi connectivity index (χ3n) is 2.97. The van der Waals surface area contributed by atoms with Gasteiger partial charge in [-0.25, -0.2) is 4.79 Å². The van der Waals surface area contributed by atoms with E-state index in [0.717, 1.165) is 0 Å². The van der Waals surface area contributed by atoms with Gasteiger partial charge in [-0.05, 0) is 39.8 Å². The first-order valence-corrected chi connectivity index (χ1v) is 7.79. The molecule has 0 amide bonds. The second kappa shape index (κ2) is 11.4. The molecule has 24 heavy (non-hydrogen) atoms. The number of hydrogen-bond donors (Lipinski definition) is 0. The summed E-state index contributed by atoms with van der Waals surface area (Å²) in [6.07, 6.45) is 0. The number of hydrogen-bond acceptors (Lipinski definition) is 6. The number of carbonyl (C=O) groups is 2. The number of ketones is 1. The maximum absolute atomic E-state index is 13.0. The molecule has 0 heterocycles. The van der Waals surface area contributed by atoms with Crippen molar-refractivity contribution in [2.45, 2.75) is 33.5 Å². The van der Waals surface area contributed by atoms with Crippen LogP contribution in [0.3, 0.4) is 0 Å². The molecule has 0 atom stereocenters. The average molecular weight is 372 g/mol. The first kappa shape index (κ1) is 22.8. The summed E-state index contributed by atoms with van der Waals surface area (Å²) in [5.74, 6) is -3.25. The molecule has 0 aliphatic carbocycles. The van der Waals surface area contributed by atoms with E-state index in [2.05, 4.69) is 0 Å². The Morgan fingerprint density at radius 2 is 1.50 bits per heavy atom. The molecule has 0 saturated heterocycles. The smallest absolute Gasteiger partial charge is 0.375 e. The largest absolute Gasteiger partial charge is 0.493 e. The van der Waals surface area contributed by atoms with Crippen molar-refractivity contribution in [2.24, 2.45) is 0 Å². The van der Waals surface area contributed by atoms with Crippen LogP contribution in [0.4, 0.5) is 0 Å². The zero-order chi connectivity index (χ0) is 17.3. The summed E-state index contributed by atoms with van der Waals surface area (Å²) >= 11 is 0. The first-order valence-electron chi connectivity index (χ1n) is 7.79. The normalized spacial score (nSPS) is 10.7. The fourth-order valence-corrected chi connectivity index (χ4v) is 2.13. The molecule has 0 aliphatic heterocycles. The van der Waals surface area contributed by atoms with Gasteiger partial charge in [0.25, 0.3) is 0 Å². The molecule has 1 rings (SSSR count). The van der Waals surface area contributed by atoms with Crippen molar-refractivity contribution >= 4 is 11.8 Å². The molecule has 0 saturated carbocycles. The predicted octanol–water partition coefficient (Wildman–Crippen LogP) is 2.60. The summed E-state index contributed by atoms with van der Waals surface area (Å²) in [6.45, 7) is 7.54. The van der Waals surface area contributed by atoms with Gasteiger partial charge >= 0.3 is 11.8 Å². The molecule has 0 unspecified atom stereocenters. The Morgan fingerprint density at radius 1 is 0.917 bits per heavy atom. The Bertz CT molecular complexity index is 526. The fraction of sp³-hybridized carbons (Fsp3) is 0.529. The molecule has 1 aromatic rings. The molecule has 0 spiro atoms. The number of benzene rings is 1. The topological polar surface area (TPSA) is 71.1 Å². The fourth-order valence-electron chi connectivity index (χ4n) is 2.13. The summed E-state index contributed by atoms with van der Waals surface area (Å²) in [7, 11) is 0. The third-order valence-corrected chi connectivity index (χ3v) is 2.97. The van der Waals surface area contributed by atoms with Gasteiger partial charge in [0.2, 0.25) is 5.78 Å². The van der Waals surface area contributed by atoms with Gasteiger partial charge in [0.15, 0.2) is 0 Å². The van der Waals surface area contributed by atoms with E-state index in [-0.39, 0.29) is 47.1 Å². The summed E-state index contributed by atoms with van der Waals surface area (Å²) in [5, 5.41) is 0. The van der Waals surface area contributed by atoms with E-state index in [9.17, 15) is 9.59 Å². The van der Waals surface area contributed by atoms with E-state index in [1.165, 1.54) is 0 Å². The maximum Gasteiger partial charge on any atom is 0.375 e. The van der Waals surface area contributed by atoms with Crippen molar-refractivity contribution < 1.29 is 50.3 Å². The molecule has 0 N–H and O–H groups in total. The Kier molecular flexibility index (Phi) is 10.8. The SMILES string of the molecule is CCOC(=O)C(OCC)(OCC)C(=O)c1ccccc1OCC.[Ti]. The van der Waals surface area contributed by atoms with Crippen molar-refractivity contribution in [2.75, 3.05) is 26.4 Å². The molecular weight excluding hydrogens is 348 g/mol. The molecule has 0 aromatic heterocycles. The van der Waals surface area contributed by atoms with Gasteiger partial charge in [-0.2, -0.15) is 0 Å². The minimum atomic E-state index is -2.12. The van der Waals surface area contributed by atoms with Gasteiger partial charge in [0, 0.05) is 34.9 Å². The minimum Gasteiger partial charge on any atom is -0.493 e. The Hall–Kier alpha value is -1.21. The van der Waals surface area contributed by atoms with Crippen molar-refractivity contribution in [1.29, 1.82) is 0 Å². The van der Waals surface area contributed by atoms with Crippen LogP contribution in [-0.4, -0.2) is 44.0 Å². The minimum absolute atomic E-state index is 0. The van der Waals surface area contributed by atoms with E-state index in [1.54, 1.807) is 45.0 Å². The van der Waals surface area contributed by atoms with E-state index < -0.39 is 17.5 Å². The zero-order valence-corrected chi connectivity index (χ0v) is 16.1. The van der Waals surface area contributed by atoms with Crippen LogP contribution < -0.4 is 4.74 Å². The van der Waals surface area contributed by atoms with E-state index in [1.807, 2.05) is 6.92 Å². The van der Waals surface area contributed by atoms with Crippen molar-refractivity contribution in [3.05, 3.63) is 29.8 Å². The van der Waals surface area contributed by atoms with Crippen LogP contribution in [0.5, 0.6) is 5.75 Å². The van der Waals surface area contributed by atoms with E-state index >= 15 is 0 Å². The number of para-hydroxylation sites is 1. The van der Waals surface area contributed by atoms with E-state index in [0.29, 0.717) is 12.4 Å². The van der Waals surface area contributed by atoms with Crippen molar-refractivity contribution in [3.63, 3.8) is 0 Å². The summed E-state index contributed by atoms with van der Waals surface area (Å²) in [4.78, 5) is 25.4. The first-order chi connectivity index (χ1) is 11.1. The van der Waals surface area contributed by atoms with Crippen molar-refractivity contribution in [1.82, 2.24) is 0 Å². The molecule has 1 aromatic carbocycles. The second-order valence-corrected chi connectivity index (χ2v) is 4.46. The number of carbonyl (C=O) groups excluding carboxylic acids is 2. The Labute approximate surface area is 157 Å². The third kappa shape index (κ3) is 5.14. The molecular formula is C17H24O6Ti. The molecule has 6 nitrogen and oxygen atoms in total. The average Bonchev–Trinajstić information content (AvgIpc) is 2.55. The number of ether oxygens (including phenoxy) is 4. The predicted molar refractivity (Wildman–Crippen MR) is 84.6 cm³/mol. The summed E-state index contributed by atoms with van der Waals surface area (Å²) < 4.78 is 21.3.